The Kier molecular flexibility index (Phi) is 3.79. The Labute approximate surface area is 113 Å². The van der Waals surface area contributed by atoms with E-state index in [1.165, 1.54) is 17.4 Å². The van der Waals surface area contributed by atoms with Crippen LogP contribution >= 0.6 is 43.2 Å². The molecule has 0 saturated heterocycles. The fourth-order valence-electron chi connectivity index (χ4n) is 1.34. The van der Waals surface area contributed by atoms with Crippen molar-refractivity contribution in [1.82, 2.24) is 0 Å². The molecule has 0 amide bonds. The quantitative estimate of drug-likeness (QED) is 0.831. The highest BCUT2D eigenvalue weighted by Gasteiger charge is 2.13. The molecule has 0 aliphatic carbocycles. The van der Waals surface area contributed by atoms with Crippen molar-refractivity contribution in [2.75, 3.05) is 0 Å². The molecule has 2 rings (SSSR count). The second-order valence-corrected chi connectivity index (χ2v) is 6.41. The zero-order chi connectivity index (χ0) is 11.7. The Morgan fingerprint density at radius 2 is 1.94 bits per heavy atom. The molecule has 5 heteroatoms. The molecule has 1 heterocycles. The van der Waals surface area contributed by atoms with Crippen LogP contribution in [0.15, 0.2) is 37.9 Å². The fraction of sp³-hybridized carbons (Fsp3) is 0.0909. The van der Waals surface area contributed by atoms with Crippen LogP contribution in [0.3, 0.4) is 0 Å². The average molecular weight is 366 g/mol. The van der Waals surface area contributed by atoms with Crippen molar-refractivity contribution in [2.24, 2.45) is 0 Å². The molecule has 0 aliphatic heterocycles. The predicted octanol–water partition coefficient (Wildman–Crippen LogP) is 4.49. The molecule has 0 fully saturated rings. The van der Waals surface area contributed by atoms with Gasteiger partial charge in [0.15, 0.2) is 0 Å². The predicted molar refractivity (Wildman–Crippen MR) is 70.2 cm³/mol. The maximum Gasteiger partial charge on any atom is 0.137 e. The summed E-state index contributed by atoms with van der Waals surface area (Å²) >= 11 is 7.94. The van der Waals surface area contributed by atoms with Gasteiger partial charge in [-0.05, 0) is 66.6 Å². The first-order valence-corrected chi connectivity index (χ1v) is 6.91. The summed E-state index contributed by atoms with van der Waals surface area (Å²) in [6.07, 6.45) is -0.723. The molecule has 1 N–H and O–H groups in total. The lowest BCUT2D eigenvalue weighted by Crippen LogP contribution is -1.98. The van der Waals surface area contributed by atoms with E-state index in [2.05, 4.69) is 31.9 Å². The Hall–Kier alpha value is -0.230. The first-order valence-electron chi connectivity index (χ1n) is 4.45. The molecule has 1 aromatic carbocycles. The molecular formula is C11H7Br2FOS. The third kappa shape index (κ3) is 2.53. The largest absolute Gasteiger partial charge is 0.384 e. The Morgan fingerprint density at radius 3 is 2.50 bits per heavy atom. The molecular weight excluding hydrogens is 359 g/mol. The van der Waals surface area contributed by atoms with Gasteiger partial charge in [0.25, 0.3) is 0 Å². The molecule has 0 radical (unpaired) electrons. The van der Waals surface area contributed by atoms with Crippen LogP contribution in [0.4, 0.5) is 4.39 Å². The molecule has 0 bridgehead atoms. The minimum absolute atomic E-state index is 0.331. The number of rotatable bonds is 2. The van der Waals surface area contributed by atoms with Crippen molar-refractivity contribution in [3.63, 3.8) is 0 Å². The van der Waals surface area contributed by atoms with Crippen LogP contribution in [0.2, 0.25) is 0 Å². The minimum Gasteiger partial charge on any atom is -0.384 e. The van der Waals surface area contributed by atoms with Crippen LogP contribution in [0.5, 0.6) is 0 Å². The Morgan fingerprint density at radius 1 is 1.19 bits per heavy atom. The van der Waals surface area contributed by atoms with Gasteiger partial charge in [0.2, 0.25) is 0 Å². The molecule has 16 heavy (non-hydrogen) atoms. The third-order valence-electron chi connectivity index (χ3n) is 2.16. The van der Waals surface area contributed by atoms with Crippen LogP contribution in [-0.4, -0.2) is 5.11 Å². The molecule has 1 aromatic heterocycles. The van der Waals surface area contributed by atoms with Crippen molar-refractivity contribution >= 4 is 43.2 Å². The van der Waals surface area contributed by atoms with Crippen molar-refractivity contribution in [1.29, 1.82) is 0 Å². The summed E-state index contributed by atoms with van der Waals surface area (Å²) in [4.78, 5) is 0. The van der Waals surface area contributed by atoms with E-state index in [0.29, 0.717) is 10.0 Å². The SMILES string of the molecule is OC(c1csc(Br)c1)c1ccc(F)c(Br)c1. The van der Waals surface area contributed by atoms with Gasteiger partial charge in [-0.25, -0.2) is 4.39 Å². The Balaban J connectivity index is 2.33. The van der Waals surface area contributed by atoms with Crippen molar-refractivity contribution in [3.05, 3.63) is 54.8 Å². The summed E-state index contributed by atoms with van der Waals surface area (Å²) in [6, 6.07) is 6.36. The lowest BCUT2D eigenvalue weighted by Gasteiger charge is -2.09. The number of hydrogen-bond donors (Lipinski definition) is 1. The fourth-order valence-corrected chi connectivity index (χ4v) is 2.93. The maximum absolute atomic E-state index is 13.0. The zero-order valence-corrected chi connectivity index (χ0v) is 11.9. The lowest BCUT2D eigenvalue weighted by atomic mass is 10.0. The summed E-state index contributed by atoms with van der Waals surface area (Å²) in [5.74, 6) is -0.331. The summed E-state index contributed by atoms with van der Waals surface area (Å²) in [5.41, 5.74) is 1.47. The molecule has 1 nitrogen and oxygen atoms in total. The highest BCUT2D eigenvalue weighted by atomic mass is 79.9. The van der Waals surface area contributed by atoms with Gasteiger partial charge in [0.05, 0.1) is 8.26 Å². The summed E-state index contributed by atoms with van der Waals surface area (Å²) in [7, 11) is 0. The van der Waals surface area contributed by atoms with Gasteiger partial charge in [-0.1, -0.05) is 6.07 Å². The van der Waals surface area contributed by atoms with E-state index in [1.807, 2.05) is 11.4 Å². The van der Waals surface area contributed by atoms with Crippen LogP contribution in [-0.2, 0) is 0 Å². The number of hydrogen-bond acceptors (Lipinski definition) is 2. The number of aliphatic hydroxyl groups excluding tert-OH is 1. The first-order chi connectivity index (χ1) is 7.58. The van der Waals surface area contributed by atoms with Crippen LogP contribution in [0.1, 0.15) is 17.2 Å². The van der Waals surface area contributed by atoms with E-state index in [0.717, 1.165) is 9.35 Å². The van der Waals surface area contributed by atoms with Crippen LogP contribution < -0.4 is 0 Å². The second-order valence-electron chi connectivity index (χ2n) is 3.26. The van der Waals surface area contributed by atoms with E-state index < -0.39 is 6.10 Å². The van der Waals surface area contributed by atoms with E-state index in [9.17, 15) is 9.50 Å². The standard InChI is InChI=1S/C11H7Br2FOS/c12-8-3-6(1-2-9(8)14)11(15)7-4-10(13)16-5-7/h1-5,11,15H. The van der Waals surface area contributed by atoms with Crippen LogP contribution in [0, 0.1) is 5.82 Å². The van der Waals surface area contributed by atoms with Crippen LogP contribution in [0.25, 0.3) is 0 Å². The van der Waals surface area contributed by atoms with E-state index in [-0.39, 0.29) is 5.82 Å². The maximum atomic E-state index is 13.0. The van der Waals surface area contributed by atoms with Gasteiger partial charge in [-0.15, -0.1) is 11.3 Å². The summed E-state index contributed by atoms with van der Waals surface area (Å²) in [5, 5.41) is 11.9. The molecule has 2 aromatic rings. The summed E-state index contributed by atoms with van der Waals surface area (Å²) < 4.78 is 14.4. The van der Waals surface area contributed by atoms with Crippen molar-refractivity contribution < 1.29 is 9.50 Å². The third-order valence-corrected chi connectivity index (χ3v) is 4.29. The topological polar surface area (TPSA) is 20.2 Å². The average Bonchev–Trinajstić information content (AvgIpc) is 2.68. The van der Waals surface area contributed by atoms with Gasteiger partial charge in [-0.3, -0.25) is 0 Å². The monoisotopic (exact) mass is 364 g/mol. The molecule has 84 valence electrons. The molecule has 0 spiro atoms. The van der Waals surface area contributed by atoms with E-state index in [4.69, 9.17) is 0 Å². The van der Waals surface area contributed by atoms with E-state index in [1.54, 1.807) is 12.1 Å². The molecule has 0 aliphatic rings. The number of benzene rings is 1. The zero-order valence-electron chi connectivity index (χ0n) is 7.95. The number of aliphatic hydroxyl groups is 1. The number of thiophene rings is 1. The Bertz CT molecular complexity index is 512. The van der Waals surface area contributed by atoms with Gasteiger partial charge >= 0.3 is 0 Å². The lowest BCUT2D eigenvalue weighted by molar-refractivity contribution is 0.220. The van der Waals surface area contributed by atoms with Gasteiger partial charge in [-0.2, -0.15) is 0 Å². The smallest absolute Gasteiger partial charge is 0.137 e. The molecule has 0 saturated carbocycles. The van der Waals surface area contributed by atoms with Crippen molar-refractivity contribution in [2.45, 2.75) is 6.10 Å². The van der Waals surface area contributed by atoms with Crippen molar-refractivity contribution in [3.8, 4) is 0 Å². The number of halogens is 3. The highest BCUT2D eigenvalue weighted by molar-refractivity contribution is 9.11. The normalized spacial score (nSPS) is 12.8. The first kappa shape index (κ1) is 12.2. The summed E-state index contributed by atoms with van der Waals surface area (Å²) in [6.45, 7) is 0. The second kappa shape index (κ2) is 4.96. The molecule has 1 unspecified atom stereocenters. The highest BCUT2D eigenvalue weighted by Crippen LogP contribution is 2.30. The van der Waals surface area contributed by atoms with Gasteiger partial charge in [0, 0.05) is 0 Å². The molecule has 1 atom stereocenters. The van der Waals surface area contributed by atoms with Gasteiger partial charge in [0.1, 0.15) is 11.9 Å². The van der Waals surface area contributed by atoms with Gasteiger partial charge < -0.3 is 5.11 Å². The minimum atomic E-state index is -0.723. The van der Waals surface area contributed by atoms with E-state index >= 15 is 0 Å².